The predicted molar refractivity (Wildman–Crippen MR) is 68.3 cm³/mol. The van der Waals surface area contributed by atoms with Crippen LogP contribution in [0.2, 0.25) is 0 Å². The van der Waals surface area contributed by atoms with Crippen molar-refractivity contribution in [2.75, 3.05) is 6.54 Å². The zero-order valence-electron chi connectivity index (χ0n) is 9.49. The van der Waals surface area contributed by atoms with Gasteiger partial charge in [0, 0.05) is 15.8 Å². The molecule has 1 aromatic rings. The molecule has 1 fully saturated rings. The zero-order valence-corrected chi connectivity index (χ0v) is 10.3. The van der Waals surface area contributed by atoms with Gasteiger partial charge >= 0.3 is 0 Å². The molecule has 0 amide bonds. The van der Waals surface area contributed by atoms with E-state index in [0.29, 0.717) is 6.04 Å². The van der Waals surface area contributed by atoms with Gasteiger partial charge in [-0.25, -0.2) is 0 Å². The van der Waals surface area contributed by atoms with E-state index in [-0.39, 0.29) is 0 Å². The third-order valence-corrected chi connectivity index (χ3v) is 3.92. The topological polar surface area (TPSA) is 12.0 Å². The lowest BCUT2D eigenvalue weighted by Crippen LogP contribution is -2.35. The van der Waals surface area contributed by atoms with Gasteiger partial charge in [-0.2, -0.15) is 0 Å². The molecule has 1 aromatic heterocycles. The van der Waals surface area contributed by atoms with Crippen LogP contribution in [0.15, 0.2) is 18.2 Å². The molecule has 0 spiro atoms. The summed E-state index contributed by atoms with van der Waals surface area (Å²) in [6.07, 6.45) is 7.18. The molecular formula is C13H19NS. The van der Waals surface area contributed by atoms with E-state index in [0.717, 1.165) is 5.92 Å². The van der Waals surface area contributed by atoms with E-state index in [4.69, 9.17) is 0 Å². The monoisotopic (exact) mass is 221 g/mol. The fourth-order valence-electron chi connectivity index (χ4n) is 2.05. The summed E-state index contributed by atoms with van der Waals surface area (Å²) in [7, 11) is 0. The number of rotatable bonds is 2. The van der Waals surface area contributed by atoms with Gasteiger partial charge in [0.05, 0.1) is 0 Å². The molecule has 1 aliphatic heterocycles. The molecular weight excluding hydrogens is 202 g/mol. The molecule has 1 nitrogen and oxygen atoms in total. The predicted octanol–water partition coefficient (Wildman–Crippen LogP) is 3.46. The third kappa shape index (κ3) is 3.18. The highest BCUT2D eigenvalue weighted by molar-refractivity contribution is 7.12. The van der Waals surface area contributed by atoms with Crippen LogP contribution in [0.3, 0.4) is 0 Å². The van der Waals surface area contributed by atoms with Gasteiger partial charge in [0.15, 0.2) is 0 Å². The molecule has 2 atom stereocenters. The summed E-state index contributed by atoms with van der Waals surface area (Å²) in [5.74, 6) is 0.867. The number of hydrogen-bond donors (Lipinski definition) is 1. The molecule has 1 saturated heterocycles. The average Bonchev–Trinajstić information content (AvgIpc) is 2.62. The Balaban J connectivity index is 1.93. The van der Waals surface area contributed by atoms with Crippen LogP contribution in [0, 0.1) is 12.8 Å². The average molecular weight is 221 g/mol. The summed E-state index contributed by atoms with van der Waals surface area (Å²) in [5, 5.41) is 3.54. The second-order valence-electron chi connectivity index (χ2n) is 4.50. The van der Waals surface area contributed by atoms with Crippen LogP contribution in [0.25, 0.3) is 6.08 Å². The van der Waals surface area contributed by atoms with Gasteiger partial charge in [0.25, 0.3) is 0 Å². The SMILES string of the molecule is Cc1ccc(/C=C/C2CC(C)CCN2)s1. The van der Waals surface area contributed by atoms with Crippen molar-refractivity contribution in [3.8, 4) is 0 Å². The number of nitrogens with one attached hydrogen (secondary N) is 1. The summed E-state index contributed by atoms with van der Waals surface area (Å²) in [5.41, 5.74) is 0. The Kier molecular flexibility index (Phi) is 3.60. The fraction of sp³-hybridized carbons (Fsp3) is 0.538. The van der Waals surface area contributed by atoms with Crippen LogP contribution >= 0.6 is 11.3 Å². The van der Waals surface area contributed by atoms with Gasteiger partial charge in [0.1, 0.15) is 0 Å². The first-order valence-corrected chi connectivity index (χ1v) is 6.54. The molecule has 15 heavy (non-hydrogen) atoms. The minimum Gasteiger partial charge on any atom is -0.310 e. The van der Waals surface area contributed by atoms with E-state index in [1.54, 1.807) is 0 Å². The van der Waals surface area contributed by atoms with Crippen molar-refractivity contribution >= 4 is 17.4 Å². The largest absolute Gasteiger partial charge is 0.310 e. The Bertz CT molecular complexity index is 340. The molecule has 0 aliphatic carbocycles. The van der Waals surface area contributed by atoms with E-state index in [1.165, 1.54) is 29.1 Å². The fourth-order valence-corrected chi connectivity index (χ4v) is 2.84. The number of thiophene rings is 1. The maximum absolute atomic E-state index is 3.54. The molecule has 2 heteroatoms. The highest BCUT2D eigenvalue weighted by Crippen LogP contribution is 2.19. The second kappa shape index (κ2) is 4.95. The molecule has 1 aliphatic rings. The Labute approximate surface area is 96.2 Å². The summed E-state index contributed by atoms with van der Waals surface area (Å²) in [6, 6.07) is 4.96. The highest BCUT2D eigenvalue weighted by atomic mass is 32.1. The first-order valence-electron chi connectivity index (χ1n) is 5.72. The zero-order chi connectivity index (χ0) is 10.7. The van der Waals surface area contributed by atoms with Gasteiger partial charge in [-0.15, -0.1) is 11.3 Å². The Morgan fingerprint density at radius 3 is 3.00 bits per heavy atom. The quantitative estimate of drug-likeness (QED) is 0.806. The van der Waals surface area contributed by atoms with E-state index >= 15 is 0 Å². The third-order valence-electron chi connectivity index (χ3n) is 2.95. The van der Waals surface area contributed by atoms with Crippen LogP contribution in [0.5, 0.6) is 0 Å². The van der Waals surface area contributed by atoms with E-state index in [2.05, 4.69) is 43.4 Å². The van der Waals surface area contributed by atoms with Gasteiger partial charge in [-0.1, -0.05) is 13.0 Å². The first-order chi connectivity index (χ1) is 7.24. The molecule has 2 heterocycles. The molecule has 0 radical (unpaired) electrons. The Morgan fingerprint density at radius 1 is 1.47 bits per heavy atom. The van der Waals surface area contributed by atoms with Crippen molar-refractivity contribution in [2.45, 2.75) is 32.7 Å². The Hall–Kier alpha value is -0.600. The molecule has 0 aromatic carbocycles. The van der Waals surface area contributed by atoms with Gasteiger partial charge in [-0.3, -0.25) is 0 Å². The van der Waals surface area contributed by atoms with Crippen molar-refractivity contribution < 1.29 is 0 Å². The minimum absolute atomic E-state index is 0.580. The summed E-state index contributed by atoms with van der Waals surface area (Å²) in [4.78, 5) is 2.76. The summed E-state index contributed by atoms with van der Waals surface area (Å²) >= 11 is 1.86. The normalized spacial score (nSPS) is 27.3. The van der Waals surface area contributed by atoms with Crippen LogP contribution in [0.1, 0.15) is 29.5 Å². The van der Waals surface area contributed by atoms with Gasteiger partial charge in [-0.05, 0) is 50.4 Å². The van der Waals surface area contributed by atoms with E-state index < -0.39 is 0 Å². The van der Waals surface area contributed by atoms with Crippen molar-refractivity contribution in [1.29, 1.82) is 0 Å². The van der Waals surface area contributed by atoms with Crippen LogP contribution in [0.4, 0.5) is 0 Å². The van der Waals surface area contributed by atoms with Crippen molar-refractivity contribution in [3.05, 3.63) is 28.0 Å². The minimum atomic E-state index is 0.580. The van der Waals surface area contributed by atoms with Crippen LogP contribution in [-0.2, 0) is 0 Å². The van der Waals surface area contributed by atoms with Gasteiger partial charge < -0.3 is 5.32 Å². The molecule has 2 rings (SSSR count). The standard InChI is InChI=1S/C13H19NS/c1-10-7-8-14-12(9-10)4-6-13-5-3-11(2)15-13/h3-6,10,12,14H,7-9H2,1-2H3/b6-4+. The first kappa shape index (κ1) is 10.9. The number of piperidine rings is 1. The molecule has 0 saturated carbocycles. The van der Waals surface area contributed by atoms with Crippen molar-refractivity contribution in [1.82, 2.24) is 5.32 Å². The smallest absolute Gasteiger partial charge is 0.0270 e. The van der Waals surface area contributed by atoms with Crippen LogP contribution < -0.4 is 5.32 Å². The lowest BCUT2D eigenvalue weighted by atomic mass is 9.94. The van der Waals surface area contributed by atoms with E-state index in [9.17, 15) is 0 Å². The lowest BCUT2D eigenvalue weighted by molar-refractivity contribution is 0.357. The maximum atomic E-state index is 3.54. The second-order valence-corrected chi connectivity index (χ2v) is 5.82. The highest BCUT2D eigenvalue weighted by Gasteiger charge is 2.15. The lowest BCUT2D eigenvalue weighted by Gasteiger charge is -2.25. The summed E-state index contributed by atoms with van der Waals surface area (Å²) in [6.45, 7) is 5.67. The molecule has 1 N–H and O–H groups in total. The molecule has 2 unspecified atom stereocenters. The summed E-state index contributed by atoms with van der Waals surface area (Å²) < 4.78 is 0. The number of aryl methyl sites for hydroxylation is 1. The molecule has 0 bridgehead atoms. The maximum Gasteiger partial charge on any atom is 0.0270 e. The Morgan fingerprint density at radius 2 is 2.33 bits per heavy atom. The molecule has 82 valence electrons. The van der Waals surface area contributed by atoms with Gasteiger partial charge in [0.2, 0.25) is 0 Å². The van der Waals surface area contributed by atoms with Crippen molar-refractivity contribution in [2.24, 2.45) is 5.92 Å². The van der Waals surface area contributed by atoms with Crippen molar-refractivity contribution in [3.63, 3.8) is 0 Å². The van der Waals surface area contributed by atoms with E-state index in [1.807, 2.05) is 11.3 Å². The van der Waals surface area contributed by atoms with Crippen LogP contribution in [-0.4, -0.2) is 12.6 Å². The number of hydrogen-bond acceptors (Lipinski definition) is 2.